The van der Waals surface area contributed by atoms with Gasteiger partial charge < -0.3 is 14.8 Å². The second-order valence-electron chi connectivity index (χ2n) is 7.40. The molecule has 4 rings (SSSR count). The number of nitrogens with one attached hydrogen (secondary N) is 1. The van der Waals surface area contributed by atoms with Crippen molar-refractivity contribution < 1.29 is 14.3 Å². The quantitative estimate of drug-likeness (QED) is 0.613. The SMILES string of the molecule is O=C(NCCC(c1ccccc1)c1ccccc1)c1ccnc(O[C@@H]2CCOC2)c1. The van der Waals surface area contributed by atoms with Crippen LogP contribution < -0.4 is 10.1 Å². The molecule has 0 radical (unpaired) electrons. The number of aromatic nitrogens is 1. The Morgan fingerprint density at radius 2 is 1.77 bits per heavy atom. The Morgan fingerprint density at radius 3 is 2.40 bits per heavy atom. The summed E-state index contributed by atoms with van der Waals surface area (Å²) < 4.78 is 11.1. The number of nitrogens with zero attached hydrogens (tertiary/aromatic N) is 1. The van der Waals surface area contributed by atoms with Gasteiger partial charge in [-0.25, -0.2) is 4.98 Å². The summed E-state index contributed by atoms with van der Waals surface area (Å²) in [5, 5.41) is 3.04. The molecule has 1 amide bonds. The van der Waals surface area contributed by atoms with Gasteiger partial charge in [0.15, 0.2) is 0 Å². The summed E-state index contributed by atoms with van der Waals surface area (Å²) in [5.74, 6) is 0.570. The molecular weight excluding hydrogens is 376 g/mol. The molecule has 1 aliphatic rings. The molecule has 1 saturated heterocycles. The first-order valence-electron chi connectivity index (χ1n) is 10.4. The lowest BCUT2D eigenvalue weighted by Crippen LogP contribution is -2.26. The molecule has 5 nitrogen and oxygen atoms in total. The molecule has 1 aliphatic heterocycles. The Bertz CT molecular complexity index is 901. The maximum absolute atomic E-state index is 12.7. The second kappa shape index (κ2) is 10.0. The van der Waals surface area contributed by atoms with Gasteiger partial charge in [-0.2, -0.15) is 0 Å². The third-order valence-electron chi connectivity index (χ3n) is 5.29. The normalized spacial score (nSPS) is 15.8. The van der Waals surface area contributed by atoms with E-state index in [1.807, 2.05) is 12.1 Å². The Labute approximate surface area is 177 Å². The summed E-state index contributed by atoms with van der Waals surface area (Å²) in [4.78, 5) is 16.9. The molecule has 2 aromatic carbocycles. The van der Waals surface area contributed by atoms with E-state index in [0.717, 1.165) is 12.8 Å². The first-order chi connectivity index (χ1) is 14.8. The minimum Gasteiger partial charge on any atom is -0.472 e. The van der Waals surface area contributed by atoms with Crippen molar-refractivity contribution in [3.8, 4) is 5.88 Å². The zero-order valence-corrected chi connectivity index (χ0v) is 16.9. The first kappa shape index (κ1) is 20.1. The van der Waals surface area contributed by atoms with Gasteiger partial charge in [0.25, 0.3) is 5.91 Å². The molecule has 154 valence electrons. The molecule has 30 heavy (non-hydrogen) atoms. The number of pyridine rings is 1. The van der Waals surface area contributed by atoms with E-state index in [0.29, 0.717) is 31.2 Å². The molecule has 0 saturated carbocycles. The van der Waals surface area contributed by atoms with Gasteiger partial charge in [0.2, 0.25) is 5.88 Å². The molecule has 0 aliphatic carbocycles. The fraction of sp³-hybridized carbons (Fsp3) is 0.280. The van der Waals surface area contributed by atoms with Gasteiger partial charge in [-0.15, -0.1) is 0 Å². The number of ether oxygens (including phenoxy) is 2. The summed E-state index contributed by atoms with van der Waals surface area (Å²) in [6.07, 6.45) is 3.27. The van der Waals surface area contributed by atoms with Crippen LogP contribution in [0.1, 0.15) is 40.2 Å². The molecular formula is C25H26N2O3. The molecule has 5 heteroatoms. The lowest BCUT2D eigenvalue weighted by atomic mass is 9.88. The van der Waals surface area contributed by atoms with Gasteiger partial charge in [-0.05, 0) is 23.6 Å². The van der Waals surface area contributed by atoms with Gasteiger partial charge in [0.1, 0.15) is 6.10 Å². The molecule has 0 bridgehead atoms. The zero-order chi connectivity index (χ0) is 20.6. The first-order valence-corrected chi connectivity index (χ1v) is 10.4. The molecule has 0 spiro atoms. The van der Waals surface area contributed by atoms with Crippen LogP contribution in [0.15, 0.2) is 79.0 Å². The van der Waals surface area contributed by atoms with Gasteiger partial charge in [0.05, 0.1) is 13.2 Å². The summed E-state index contributed by atoms with van der Waals surface area (Å²) in [7, 11) is 0. The van der Waals surface area contributed by atoms with E-state index in [2.05, 4.69) is 58.8 Å². The van der Waals surface area contributed by atoms with Crippen LogP contribution in [0.3, 0.4) is 0 Å². The van der Waals surface area contributed by atoms with Gasteiger partial charge in [-0.1, -0.05) is 60.7 Å². The van der Waals surface area contributed by atoms with Crippen LogP contribution in [0.2, 0.25) is 0 Å². The highest BCUT2D eigenvalue weighted by Crippen LogP contribution is 2.27. The number of hydrogen-bond acceptors (Lipinski definition) is 4. The number of carbonyl (C=O) groups is 1. The van der Waals surface area contributed by atoms with Crippen molar-refractivity contribution in [1.29, 1.82) is 0 Å². The topological polar surface area (TPSA) is 60.5 Å². The smallest absolute Gasteiger partial charge is 0.251 e. The number of hydrogen-bond donors (Lipinski definition) is 1. The lowest BCUT2D eigenvalue weighted by Gasteiger charge is -2.18. The van der Waals surface area contributed by atoms with Crippen LogP contribution in [0, 0.1) is 0 Å². The van der Waals surface area contributed by atoms with Crippen molar-refractivity contribution in [3.63, 3.8) is 0 Å². The average Bonchev–Trinajstić information content (AvgIpc) is 3.31. The van der Waals surface area contributed by atoms with Crippen LogP contribution in [0.5, 0.6) is 5.88 Å². The Kier molecular flexibility index (Phi) is 6.72. The van der Waals surface area contributed by atoms with E-state index < -0.39 is 0 Å². The standard InChI is InChI=1S/C25H26N2O3/c28-25(21-11-14-26-24(17-21)30-22-13-16-29-18-22)27-15-12-23(19-7-3-1-4-8-19)20-9-5-2-6-10-20/h1-11,14,17,22-23H,12-13,15-16,18H2,(H,27,28)/t22-/m1/s1. The van der Waals surface area contributed by atoms with Gasteiger partial charge in [0, 0.05) is 36.7 Å². The van der Waals surface area contributed by atoms with Crippen LogP contribution in [-0.4, -0.2) is 36.8 Å². The third-order valence-corrected chi connectivity index (χ3v) is 5.29. The third kappa shape index (κ3) is 5.24. The Morgan fingerprint density at radius 1 is 1.07 bits per heavy atom. The lowest BCUT2D eigenvalue weighted by molar-refractivity contribution is 0.0951. The number of benzene rings is 2. The maximum Gasteiger partial charge on any atom is 0.251 e. The predicted molar refractivity (Wildman–Crippen MR) is 116 cm³/mol. The largest absolute Gasteiger partial charge is 0.472 e. The molecule has 2 heterocycles. The second-order valence-corrected chi connectivity index (χ2v) is 7.40. The summed E-state index contributed by atoms with van der Waals surface area (Å²) in [5.41, 5.74) is 3.04. The maximum atomic E-state index is 12.7. The highest BCUT2D eigenvalue weighted by Gasteiger charge is 2.19. The van der Waals surface area contributed by atoms with Crippen LogP contribution >= 0.6 is 0 Å². The molecule has 1 aromatic heterocycles. The van der Waals surface area contributed by atoms with E-state index in [9.17, 15) is 4.79 Å². The van der Waals surface area contributed by atoms with E-state index in [1.54, 1.807) is 18.3 Å². The van der Waals surface area contributed by atoms with E-state index in [1.165, 1.54) is 11.1 Å². The Balaban J connectivity index is 1.38. The number of amides is 1. The monoisotopic (exact) mass is 402 g/mol. The molecule has 1 N–H and O–H groups in total. The van der Waals surface area contributed by atoms with Crippen molar-refractivity contribution in [1.82, 2.24) is 10.3 Å². The van der Waals surface area contributed by atoms with E-state index >= 15 is 0 Å². The highest BCUT2D eigenvalue weighted by atomic mass is 16.5. The van der Waals surface area contributed by atoms with Crippen LogP contribution in [0.25, 0.3) is 0 Å². The van der Waals surface area contributed by atoms with Gasteiger partial charge in [-0.3, -0.25) is 4.79 Å². The Hall–Kier alpha value is -3.18. The van der Waals surface area contributed by atoms with Crippen LogP contribution in [-0.2, 0) is 4.74 Å². The molecule has 1 atom stereocenters. The highest BCUT2D eigenvalue weighted by molar-refractivity contribution is 5.94. The minimum atomic E-state index is -0.121. The number of rotatable bonds is 8. The minimum absolute atomic E-state index is 0.00770. The van der Waals surface area contributed by atoms with Gasteiger partial charge >= 0.3 is 0 Å². The predicted octanol–water partition coefficient (Wildman–Crippen LogP) is 4.20. The number of carbonyl (C=O) groups excluding carboxylic acids is 1. The van der Waals surface area contributed by atoms with E-state index in [4.69, 9.17) is 9.47 Å². The van der Waals surface area contributed by atoms with Crippen LogP contribution in [0.4, 0.5) is 0 Å². The van der Waals surface area contributed by atoms with Crippen molar-refractivity contribution in [2.75, 3.05) is 19.8 Å². The molecule has 1 fully saturated rings. The average molecular weight is 402 g/mol. The fourth-order valence-corrected chi connectivity index (χ4v) is 3.72. The summed E-state index contributed by atoms with van der Waals surface area (Å²) in [6.45, 7) is 1.84. The molecule has 0 unspecified atom stereocenters. The summed E-state index contributed by atoms with van der Waals surface area (Å²) >= 11 is 0. The summed E-state index contributed by atoms with van der Waals surface area (Å²) in [6, 6.07) is 24.2. The molecule has 3 aromatic rings. The zero-order valence-electron chi connectivity index (χ0n) is 16.9. The fourth-order valence-electron chi connectivity index (χ4n) is 3.72. The van der Waals surface area contributed by atoms with Crippen molar-refractivity contribution in [2.24, 2.45) is 0 Å². The van der Waals surface area contributed by atoms with Crippen molar-refractivity contribution in [3.05, 3.63) is 95.7 Å². The van der Waals surface area contributed by atoms with Crippen molar-refractivity contribution >= 4 is 5.91 Å². The van der Waals surface area contributed by atoms with Crippen molar-refractivity contribution in [2.45, 2.75) is 24.9 Å². The van der Waals surface area contributed by atoms with E-state index in [-0.39, 0.29) is 17.9 Å².